The van der Waals surface area contributed by atoms with E-state index in [1.54, 1.807) is 0 Å². The van der Waals surface area contributed by atoms with Gasteiger partial charge in [0.05, 0.1) is 0 Å². The van der Waals surface area contributed by atoms with Crippen LogP contribution in [0, 0.1) is 0 Å². The zero-order chi connectivity index (χ0) is 7.11. The summed E-state index contributed by atoms with van der Waals surface area (Å²) in [6, 6.07) is 0. The third kappa shape index (κ3) is 5.64. The zero-order valence-corrected chi connectivity index (χ0v) is 6.62. The molecule has 0 nitrogen and oxygen atoms in total. The Balaban J connectivity index is 3.42. The van der Waals surface area contributed by atoms with Gasteiger partial charge in [-0.1, -0.05) is 17.7 Å². The summed E-state index contributed by atoms with van der Waals surface area (Å²) in [7, 11) is 0. The second-order valence-electron chi connectivity index (χ2n) is 2.02. The van der Waals surface area contributed by atoms with E-state index in [-0.39, 0.29) is 0 Å². The van der Waals surface area contributed by atoms with Crippen molar-refractivity contribution in [2.45, 2.75) is 19.8 Å². The molecule has 0 aromatic carbocycles. The molecule has 1 heteroatoms. The highest BCUT2D eigenvalue weighted by molar-refractivity contribution is 6.17. The predicted molar refractivity (Wildman–Crippen MR) is 43.9 cm³/mol. The Morgan fingerprint density at radius 2 is 2.33 bits per heavy atom. The Morgan fingerprint density at radius 1 is 1.67 bits per heavy atom. The lowest BCUT2D eigenvalue weighted by atomic mass is 10.2. The molecular formula is C8H13Cl. The van der Waals surface area contributed by atoms with Gasteiger partial charge in [0.2, 0.25) is 0 Å². The number of halogens is 1. The molecule has 0 heterocycles. The van der Waals surface area contributed by atoms with Crippen molar-refractivity contribution < 1.29 is 0 Å². The minimum absolute atomic E-state index is 0.717. The van der Waals surface area contributed by atoms with Crippen molar-refractivity contribution in [3.8, 4) is 0 Å². The van der Waals surface area contributed by atoms with Crippen LogP contribution in [0.1, 0.15) is 19.8 Å². The molecule has 0 fully saturated rings. The Kier molecular flexibility index (Phi) is 5.75. The Labute approximate surface area is 62.2 Å². The highest BCUT2D eigenvalue weighted by Gasteiger charge is 1.82. The SMILES string of the molecule is C=CC/C(C)=C\CCCl. The second kappa shape index (κ2) is 5.90. The highest BCUT2D eigenvalue weighted by Crippen LogP contribution is 2.01. The van der Waals surface area contributed by atoms with Crippen LogP contribution < -0.4 is 0 Å². The maximum Gasteiger partial charge on any atom is 0.0258 e. The molecule has 0 unspecified atom stereocenters. The number of hydrogen-bond donors (Lipinski definition) is 0. The first-order chi connectivity index (χ1) is 4.31. The lowest BCUT2D eigenvalue weighted by molar-refractivity contribution is 1.13. The van der Waals surface area contributed by atoms with E-state index in [4.69, 9.17) is 11.6 Å². The van der Waals surface area contributed by atoms with Gasteiger partial charge in [0.25, 0.3) is 0 Å². The van der Waals surface area contributed by atoms with E-state index in [1.807, 2.05) is 6.08 Å². The number of rotatable bonds is 4. The van der Waals surface area contributed by atoms with E-state index < -0.39 is 0 Å². The van der Waals surface area contributed by atoms with Crippen LogP contribution in [-0.4, -0.2) is 5.88 Å². The van der Waals surface area contributed by atoms with Crippen LogP contribution in [0.3, 0.4) is 0 Å². The van der Waals surface area contributed by atoms with Crippen LogP contribution in [0.2, 0.25) is 0 Å². The van der Waals surface area contributed by atoms with Gasteiger partial charge in [-0.15, -0.1) is 18.2 Å². The van der Waals surface area contributed by atoms with E-state index >= 15 is 0 Å². The molecule has 0 spiro atoms. The van der Waals surface area contributed by atoms with Crippen LogP contribution >= 0.6 is 11.6 Å². The van der Waals surface area contributed by atoms with Gasteiger partial charge in [0.15, 0.2) is 0 Å². The molecular weight excluding hydrogens is 132 g/mol. The molecule has 0 saturated carbocycles. The summed E-state index contributed by atoms with van der Waals surface area (Å²) in [4.78, 5) is 0. The van der Waals surface area contributed by atoms with Gasteiger partial charge >= 0.3 is 0 Å². The van der Waals surface area contributed by atoms with E-state index in [0.717, 1.165) is 12.8 Å². The van der Waals surface area contributed by atoms with Crippen molar-refractivity contribution in [2.75, 3.05) is 5.88 Å². The van der Waals surface area contributed by atoms with E-state index in [0.29, 0.717) is 5.88 Å². The normalized spacial score (nSPS) is 11.6. The topological polar surface area (TPSA) is 0 Å². The van der Waals surface area contributed by atoms with Crippen molar-refractivity contribution >= 4 is 11.6 Å². The maximum atomic E-state index is 5.48. The molecule has 0 radical (unpaired) electrons. The molecule has 0 aliphatic carbocycles. The van der Waals surface area contributed by atoms with Gasteiger partial charge < -0.3 is 0 Å². The lowest BCUT2D eigenvalue weighted by Gasteiger charge is -1.91. The van der Waals surface area contributed by atoms with Crippen LogP contribution in [-0.2, 0) is 0 Å². The highest BCUT2D eigenvalue weighted by atomic mass is 35.5. The van der Waals surface area contributed by atoms with E-state index in [9.17, 15) is 0 Å². The van der Waals surface area contributed by atoms with Crippen molar-refractivity contribution in [3.63, 3.8) is 0 Å². The van der Waals surface area contributed by atoms with Crippen molar-refractivity contribution in [2.24, 2.45) is 0 Å². The Bertz CT molecular complexity index is 103. The third-order valence-electron chi connectivity index (χ3n) is 1.07. The lowest BCUT2D eigenvalue weighted by Crippen LogP contribution is -1.74. The van der Waals surface area contributed by atoms with Gasteiger partial charge in [-0.3, -0.25) is 0 Å². The van der Waals surface area contributed by atoms with Gasteiger partial charge in [-0.2, -0.15) is 0 Å². The third-order valence-corrected chi connectivity index (χ3v) is 1.29. The molecule has 52 valence electrons. The minimum Gasteiger partial charge on any atom is -0.126 e. The molecule has 0 aromatic heterocycles. The molecule has 0 aromatic rings. The van der Waals surface area contributed by atoms with Crippen molar-refractivity contribution in [3.05, 3.63) is 24.3 Å². The van der Waals surface area contributed by atoms with Gasteiger partial charge in [-0.05, 0) is 19.8 Å². The fourth-order valence-corrected chi connectivity index (χ4v) is 0.721. The smallest absolute Gasteiger partial charge is 0.0258 e. The Hall–Kier alpha value is -0.230. The maximum absolute atomic E-state index is 5.48. The summed E-state index contributed by atoms with van der Waals surface area (Å²) in [6.45, 7) is 5.73. The fourth-order valence-electron chi connectivity index (χ4n) is 0.612. The van der Waals surface area contributed by atoms with Crippen LogP contribution in [0.15, 0.2) is 24.3 Å². The summed E-state index contributed by atoms with van der Waals surface area (Å²) in [5.74, 6) is 0.717. The monoisotopic (exact) mass is 144 g/mol. The number of allylic oxidation sites excluding steroid dienone is 3. The van der Waals surface area contributed by atoms with E-state index in [1.165, 1.54) is 5.57 Å². The summed E-state index contributed by atoms with van der Waals surface area (Å²) in [6.07, 6.45) is 6.01. The molecule has 9 heavy (non-hydrogen) atoms. The number of alkyl halides is 1. The molecule has 0 N–H and O–H groups in total. The van der Waals surface area contributed by atoms with E-state index in [2.05, 4.69) is 19.6 Å². The molecule has 0 atom stereocenters. The van der Waals surface area contributed by atoms with Crippen LogP contribution in [0.4, 0.5) is 0 Å². The molecule has 0 rings (SSSR count). The zero-order valence-electron chi connectivity index (χ0n) is 5.86. The first-order valence-corrected chi connectivity index (χ1v) is 3.67. The molecule has 0 amide bonds. The summed E-state index contributed by atoms with van der Waals surface area (Å²) in [5.41, 5.74) is 1.35. The largest absolute Gasteiger partial charge is 0.126 e. The van der Waals surface area contributed by atoms with Gasteiger partial charge in [0, 0.05) is 5.88 Å². The summed E-state index contributed by atoms with van der Waals surface area (Å²) >= 11 is 5.48. The molecule has 0 saturated heterocycles. The van der Waals surface area contributed by atoms with Crippen molar-refractivity contribution in [1.29, 1.82) is 0 Å². The van der Waals surface area contributed by atoms with Crippen molar-refractivity contribution in [1.82, 2.24) is 0 Å². The molecule has 0 bridgehead atoms. The second-order valence-corrected chi connectivity index (χ2v) is 2.40. The predicted octanol–water partition coefficient (Wildman–Crippen LogP) is 3.14. The van der Waals surface area contributed by atoms with Crippen LogP contribution in [0.5, 0.6) is 0 Å². The first kappa shape index (κ1) is 8.77. The average Bonchev–Trinajstić information content (AvgIpc) is 1.85. The summed E-state index contributed by atoms with van der Waals surface area (Å²) < 4.78 is 0. The average molecular weight is 145 g/mol. The Morgan fingerprint density at radius 3 is 2.78 bits per heavy atom. The van der Waals surface area contributed by atoms with Gasteiger partial charge in [0.1, 0.15) is 0 Å². The fraction of sp³-hybridized carbons (Fsp3) is 0.500. The quantitative estimate of drug-likeness (QED) is 0.420. The molecule has 0 aliphatic rings. The standard InChI is InChI=1S/C8H13Cl/c1-3-5-8(2)6-4-7-9/h3,6H,1,4-5,7H2,2H3/b8-6-. The van der Waals surface area contributed by atoms with Gasteiger partial charge in [-0.25, -0.2) is 0 Å². The first-order valence-electron chi connectivity index (χ1n) is 3.13. The summed E-state index contributed by atoms with van der Waals surface area (Å²) in [5, 5.41) is 0. The van der Waals surface area contributed by atoms with Crippen LogP contribution in [0.25, 0.3) is 0 Å². The number of hydrogen-bond acceptors (Lipinski definition) is 0. The minimum atomic E-state index is 0.717. The molecule has 0 aliphatic heterocycles.